The van der Waals surface area contributed by atoms with Gasteiger partial charge in [0.25, 0.3) is 0 Å². The predicted octanol–water partition coefficient (Wildman–Crippen LogP) is 4.54. The van der Waals surface area contributed by atoms with Crippen LogP contribution in [0.5, 0.6) is 0 Å². The summed E-state index contributed by atoms with van der Waals surface area (Å²) in [4.78, 5) is 0. The Labute approximate surface area is 105 Å². The maximum atomic E-state index is 6.13. The zero-order valence-corrected chi connectivity index (χ0v) is 11.5. The third kappa shape index (κ3) is 4.13. The van der Waals surface area contributed by atoms with Crippen molar-refractivity contribution in [2.24, 2.45) is 11.7 Å². The van der Waals surface area contributed by atoms with E-state index in [0.717, 1.165) is 27.9 Å². The first-order valence-electron chi connectivity index (χ1n) is 5.21. The summed E-state index contributed by atoms with van der Waals surface area (Å²) in [5.41, 5.74) is 7.14. The van der Waals surface area contributed by atoms with E-state index in [1.54, 1.807) is 0 Å². The van der Waals surface area contributed by atoms with E-state index in [1.807, 2.05) is 18.2 Å². The molecule has 84 valence electrons. The molecule has 3 heteroatoms. The van der Waals surface area contributed by atoms with Crippen LogP contribution in [0.2, 0.25) is 5.02 Å². The van der Waals surface area contributed by atoms with Crippen molar-refractivity contribution in [2.75, 3.05) is 0 Å². The summed E-state index contributed by atoms with van der Waals surface area (Å²) in [6.45, 7) is 4.41. The monoisotopic (exact) mass is 289 g/mol. The molecule has 1 atom stereocenters. The Morgan fingerprint density at radius 3 is 2.53 bits per heavy atom. The average Bonchev–Trinajstić information content (AvgIpc) is 2.14. The number of benzene rings is 1. The number of hydrogen-bond acceptors (Lipinski definition) is 1. The minimum Gasteiger partial charge on any atom is -0.324 e. The van der Waals surface area contributed by atoms with E-state index in [0.29, 0.717) is 5.92 Å². The molecule has 0 unspecified atom stereocenters. The Morgan fingerprint density at radius 2 is 2.00 bits per heavy atom. The molecule has 0 saturated carbocycles. The van der Waals surface area contributed by atoms with Crippen LogP contribution in [0.4, 0.5) is 0 Å². The van der Waals surface area contributed by atoms with E-state index in [9.17, 15) is 0 Å². The zero-order valence-electron chi connectivity index (χ0n) is 9.13. The normalized spacial score (nSPS) is 13.2. The second kappa shape index (κ2) is 5.88. The van der Waals surface area contributed by atoms with Gasteiger partial charge in [0.2, 0.25) is 0 Å². The third-order valence-electron chi connectivity index (χ3n) is 2.42. The van der Waals surface area contributed by atoms with Crippen LogP contribution in [0.3, 0.4) is 0 Å². The van der Waals surface area contributed by atoms with Crippen LogP contribution in [0.1, 0.15) is 38.3 Å². The molecule has 0 saturated heterocycles. The molecule has 15 heavy (non-hydrogen) atoms. The van der Waals surface area contributed by atoms with Crippen molar-refractivity contribution in [3.8, 4) is 0 Å². The summed E-state index contributed by atoms with van der Waals surface area (Å²) in [6.07, 6.45) is 2.12. The van der Waals surface area contributed by atoms with Gasteiger partial charge in [-0.1, -0.05) is 47.4 Å². The van der Waals surface area contributed by atoms with E-state index in [-0.39, 0.29) is 6.04 Å². The van der Waals surface area contributed by atoms with Gasteiger partial charge in [-0.3, -0.25) is 0 Å². The summed E-state index contributed by atoms with van der Waals surface area (Å²) in [7, 11) is 0. The molecule has 0 fully saturated rings. The first kappa shape index (κ1) is 13.0. The van der Waals surface area contributed by atoms with Crippen LogP contribution in [-0.4, -0.2) is 0 Å². The lowest BCUT2D eigenvalue weighted by atomic mass is 9.98. The van der Waals surface area contributed by atoms with Crippen LogP contribution >= 0.6 is 27.5 Å². The summed E-state index contributed by atoms with van der Waals surface area (Å²) in [5.74, 6) is 0.685. The molecular formula is C12H17BrClN. The lowest BCUT2D eigenvalue weighted by molar-refractivity contribution is 0.507. The molecule has 0 spiro atoms. The molecule has 1 rings (SSSR count). The third-order valence-corrected chi connectivity index (χ3v) is 3.24. The topological polar surface area (TPSA) is 26.0 Å². The fourth-order valence-electron chi connectivity index (χ4n) is 1.47. The fourth-order valence-corrected chi connectivity index (χ4v) is 2.28. The number of halogens is 2. The standard InChI is InChI=1S/C12H17BrClN/c1-8(2)3-6-12(15)10-5-4-9(13)7-11(10)14/h4-5,7-8,12H,3,6,15H2,1-2H3/t12-/m1/s1. The van der Waals surface area contributed by atoms with E-state index < -0.39 is 0 Å². The smallest absolute Gasteiger partial charge is 0.0464 e. The van der Waals surface area contributed by atoms with Gasteiger partial charge in [0.15, 0.2) is 0 Å². The van der Waals surface area contributed by atoms with Crippen LogP contribution < -0.4 is 5.73 Å². The second-order valence-electron chi connectivity index (χ2n) is 4.24. The molecule has 0 aliphatic carbocycles. The van der Waals surface area contributed by atoms with Crippen LogP contribution in [0, 0.1) is 5.92 Å². The Kier molecular flexibility index (Phi) is 5.10. The molecule has 0 radical (unpaired) electrons. The molecule has 0 aliphatic heterocycles. The minimum atomic E-state index is 0.0491. The number of hydrogen-bond donors (Lipinski definition) is 1. The quantitative estimate of drug-likeness (QED) is 0.865. The van der Waals surface area contributed by atoms with Gasteiger partial charge < -0.3 is 5.73 Å². The molecule has 2 N–H and O–H groups in total. The minimum absolute atomic E-state index is 0.0491. The molecule has 0 amide bonds. The lowest BCUT2D eigenvalue weighted by Gasteiger charge is -2.15. The van der Waals surface area contributed by atoms with Gasteiger partial charge in [0.1, 0.15) is 0 Å². The molecule has 1 aromatic carbocycles. The van der Waals surface area contributed by atoms with Gasteiger partial charge >= 0.3 is 0 Å². The Morgan fingerprint density at radius 1 is 1.33 bits per heavy atom. The van der Waals surface area contributed by atoms with Crippen molar-refractivity contribution in [1.29, 1.82) is 0 Å². The zero-order chi connectivity index (χ0) is 11.4. The molecule has 1 nitrogen and oxygen atoms in total. The molecule has 0 heterocycles. The molecule has 1 aromatic rings. The van der Waals surface area contributed by atoms with Gasteiger partial charge in [-0.15, -0.1) is 0 Å². The van der Waals surface area contributed by atoms with E-state index in [2.05, 4.69) is 29.8 Å². The van der Waals surface area contributed by atoms with Gasteiger partial charge in [0, 0.05) is 15.5 Å². The van der Waals surface area contributed by atoms with Crippen LogP contribution in [0.25, 0.3) is 0 Å². The number of nitrogens with two attached hydrogens (primary N) is 1. The first-order chi connectivity index (χ1) is 7.00. The summed E-state index contributed by atoms with van der Waals surface area (Å²) >= 11 is 9.51. The van der Waals surface area contributed by atoms with Crippen molar-refractivity contribution in [1.82, 2.24) is 0 Å². The maximum absolute atomic E-state index is 6.13. The summed E-state index contributed by atoms with van der Waals surface area (Å²) in [5, 5.41) is 0.751. The second-order valence-corrected chi connectivity index (χ2v) is 5.57. The molecular weight excluding hydrogens is 273 g/mol. The molecule has 0 aliphatic rings. The van der Waals surface area contributed by atoms with E-state index in [4.69, 9.17) is 17.3 Å². The van der Waals surface area contributed by atoms with Gasteiger partial charge in [-0.2, -0.15) is 0 Å². The average molecular weight is 291 g/mol. The highest BCUT2D eigenvalue weighted by molar-refractivity contribution is 9.10. The Bertz CT molecular complexity index is 325. The highest BCUT2D eigenvalue weighted by atomic mass is 79.9. The Balaban J connectivity index is 2.69. The number of rotatable bonds is 4. The lowest BCUT2D eigenvalue weighted by Crippen LogP contribution is -2.11. The van der Waals surface area contributed by atoms with E-state index >= 15 is 0 Å². The molecule has 0 bridgehead atoms. The van der Waals surface area contributed by atoms with Gasteiger partial charge in [-0.25, -0.2) is 0 Å². The summed E-state index contributed by atoms with van der Waals surface area (Å²) in [6, 6.07) is 5.92. The maximum Gasteiger partial charge on any atom is 0.0464 e. The van der Waals surface area contributed by atoms with Crippen LogP contribution in [-0.2, 0) is 0 Å². The molecule has 0 aromatic heterocycles. The fraction of sp³-hybridized carbons (Fsp3) is 0.500. The van der Waals surface area contributed by atoms with Crippen molar-refractivity contribution in [3.05, 3.63) is 33.3 Å². The Hall–Kier alpha value is -0.0500. The van der Waals surface area contributed by atoms with Gasteiger partial charge in [0.05, 0.1) is 0 Å². The van der Waals surface area contributed by atoms with Crippen molar-refractivity contribution in [3.63, 3.8) is 0 Å². The van der Waals surface area contributed by atoms with Crippen molar-refractivity contribution < 1.29 is 0 Å². The highest BCUT2D eigenvalue weighted by Gasteiger charge is 2.10. The summed E-state index contributed by atoms with van der Waals surface area (Å²) < 4.78 is 0.993. The highest BCUT2D eigenvalue weighted by Crippen LogP contribution is 2.28. The predicted molar refractivity (Wildman–Crippen MR) is 70.2 cm³/mol. The van der Waals surface area contributed by atoms with Gasteiger partial charge in [-0.05, 0) is 36.5 Å². The SMILES string of the molecule is CC(C)CC[C@@H](N)c1ccc(Br)cc1Cl. The van der Waals surface area contributed by atoms with Crippen LogP contribution in [0.15, 0.2) is 22.7 Å². The first-order valence-corrected chi connectivity index (χ1v) is 6.38. The van der Waals surface area contributed by atoms with Crippen molar-refractivity contribution >= 4 is 27.5 Å². The largest absolute Gasteiger partial charge is 0.324 e. The van der Waals surface area contributed by atoms with E-state index in [1.165, 1.54) is 0 Å². The van der Waals surface area contributed by atoms with Crippen molar-refractivity contribution in [2.45, 2.75) is 32.7 Å².